The number of hydrogen-bond donors (Lipinski definition) is 0. The minimum Gasteiger partial charge on any atom is -0.494 e. The molecule has 5 atom stereocenters. The average molecular weight is 414 g/mol. The second-order valence-corrected chi connectivity index (χ2v) is 9.50. The summed E-state index contributed by atoms with van der Waals surface area (Å²) in [6.45, 7) is 8.59. The summed E-state index contributed by atoms with van der Waals surface area (Å²) in [5.74, 6) is 1.24. The molecule has 5 rings (SSSR count). The second kappa shape index (κ2) is 7.71. The molecule has 2 fully saturated rings. The smallest absolute Gasteiger partial charge is 0.235 e. The summed E-state index contributed by atoms with van der Waals surface area (Å²) >= 11 is 0. The average Bonchev–Trinajstić information content (AvgIpc) is 3.01. The van der Waals surface area contributed by atoms with Crippen LogP contribution in [0.5, 0.6) is 0 Å². The molecule has 0 unspecified atom stereocenters. The van der Waals surface area contributed by atoms with Gasteiger partial charge in [0.25, 0.3) is 0 Å². The van der Waals surface area contributed by atoms with Crippen molar-refractivity contribution in [3.63, 3.8) is 0 Å². The fraction of sp³-hybridized carbons (Fsp3) is 0.393. The number of benzene rings is 2. The maximum Gasteiger partial charge on any atom is 0.235 e. The van der Waals surface area contributed by atoms with Crippen LogP contribution in [-0.4, -0.2) is 12.0 Å². The number of carbonyl (C=O) groups excluding carboxylic acids is 1. The number of carbonyl (C=O) groups is 1. The van der Waals surface area contributed by atoms with Gasteiger partial charge in [0, 0.05) is 22.7 Å². The van der Waals surface area contributed by atoms with Gasteiger partial charge in [-0.25, -0.2) is 0 Å². The third-order valence-corrected chi connectivity index (χ3v) is 7.67. The number of anilines is 2. The number of nitrogens with zero attached hydrogens (tertiary/aromatic N) is 1. The number of hydrogen-bond acceptors (Lipinski definition) is 2. The second-order valence-electron chi connectivity index (χ2n) is 9.50. The van der Waals surface area contributed by atoms with E-state index in [1.165, 1.54) is 18.4 Å². The standard InChI is InChI=1S/C28H31NO2/c1-19-26-25(24-17-11-10-12-21(24)18-28(26,3)20(2)31-19)27(30)29(22-13-6-4-7-14-22)23-15-8-5-9-16-23/h4-9,13-16,18-19,24-26H,2,10-12,17H2,1,3H3/t19-,24-,25+,26+,28+/m1/s1. The lowest BCUT2D eigenvalue weighted by Crippen LogP contribution is -2.49. The van der Waals surface area contributed by atoms with E-state index in [-0.39, 0.29) is 35.2 Å². The fourth-order valence-corrected chi connectivity index (χ4v) is 6.26. The molecular formula is C28H31NO2. The van der Waals surface area contributed by atoms with E-state index in [9.17, 15) is 4.79 Å². The van der Waals surface area contributed by atoms with Gasteiger partial charge in [0.05, 0.1) is 11.7 Å². The molecular weight excluding hydrogens is 382 g/mol. The maximum atomic E-state index is 14.5. The van der Waals surface area contributed by atoms with E-state index in [4.69, 9.17) is 4.74 Å². The Morgan fingerprint density at radius 1 is 1.03 bits per heavy atom. The normalized spacial score (nSPS) is 31.8. The predicted octanol–water partition coefficient (Wildman–Crippen LogP) is 6.65. The van der Waals surface area contributed by atoms with E-state index in [1.54, 1.807) is 0 Å². The van der Waals surface area contributed by atoms with Crippen molar-refractivity contribution in [2.75, 3.05) is 4.90 Å². The first-order valence-electron chi connectivity index (χ1n) is 11.5. The summed E-state index contributed by atoms with van der Waals surface area (Å²) in [6.07, 6.45) is 6.92. The fourth-order valence-electron chi connectivity index (χ4n) is 6.26. The molecule has 0 radical (unpaired) electrons. The Balaban J connectivity index is 1.64. The molecule has 2 aliphatic carbocycles. The van der Waals surface area contributed by atoms with E-state index in [2.05, 4.69) is 26.5 Å². The van der Waals surface area contributed by atoms with Gasteiger partial charge < -0.3 is 4.74 Å². The van der Waals surface area contributed by atoms with Crippen molar-refractivity contribution in [1.29, 1.82) is 0 Å². The molecule has 160 valence electrons. The van der Waals surface area contributed by atoms with Crippen LogP contribution >= 0.6 is 0 Å². The van der Waals surface area contributed by atoms with E-state index in [1.807, 2.05) is 65.6 Å². The van der Waals surface area contributed by atoms with Gasteiger partial charge in [-0.2, -0.15) is 0 Å². The summed E-state index contributed by atoms with van der Waals surface area (Å²) in [5.41, 5.74) is 2.97. The van der Waals surface area contributed by atoms with Crippen LogP contribution in [0.2, 0.25) is 0 Å². The molecule has 0 aromatic heterocycles. The highest BCUT2D eigenvalue weighted by atomic mass is 16.5. The van der Waals surface area contributed by atoms with Crippen molar-refractivity contribution in [1.82, 2.24) is 0 Å². The lowest BCUT2D eigenvalue weighted by molar-refractivity contribution is -0.127. The molecule has 0 N–H and O–H groups in total. The minimum absolute atomic E-state index is 0.0282. The summed E-state index contributed by atoms with van der Waals surface area (Å²) in [6, 6.07) is 20.1. The first-order valence-corrected chi connectivity index (χ1v) is 11.5. The molecule has 0 bridgehead atoms. The highest BCUT2D eigenvalue weighted by Crippen LogP contribution is 2.59. The molecule has 3 heteroatoms. The van der Waals surface area contributed by atoms with Crippen molar-refractivity contribution in [2.24, 2.45) is 23.2 Å². The molecule has 1 aliphatic heterocycles. The Labute approximate surface area is 185 Å². The molecule has 3 nitrogen and oxygen atoms in total. The molecule has 3 aliphatic rings. The predicted molar refractivity (Wildman–Crippen MR) is 125 cm³/mol. The van der Waals surface area contributed by atoms with Gasteiger partial charge in [-0.1, -0.05) is 61.0 Å². The van der Waals surface area contributed by atoms with Gasteiger partial charge in [-0.3, -0.25) is 9.69 Å². The molecule has 2 aromatic carbocycles. The zero-order chi connectivity index (χ0) is 21.6. The van der Waals surface area contributed by atoms with Crippen LogP contribution in [0.1, 0.15) is 39.5 Å². The van der Waals surface area contributed by atoms with Crippen LogP contribution in [0.25, 0.3) is 0 Å². The number of rotatable bonds is 3. The van der Waals surface area contributed by atoms with Crippen molar-refractivity contribution < 1.29 is 9.53 Å². The quantitative estimate of drug-likeness (QED) is 0.527. The SMILES string of the molecule is C=C1O[C@H](C)[C@H]2[C@@H](C(=O)N(c3ccccc3)c3ccccc3)[C@@H]3CCCCC3=C[C@@]12C. The molecule has 1 saturated carbocycles. The van der Waals surface area contributed by atoms with Gasteiger partial charge in [-0.05, 0) is 63.3 Å². The van der Waals surface area contributed by atoms with Gasteiger partial charge >= 0.3 is 0 Å². The van der Waals surface area contributed by atoms with Crippen molar-refractivity contribution >= 4 is 17.3 Å². The number of fused-ring (bicyclic) bond motifs is 2. The first-order chi connectivity index (χ1) is 15.0. The van der Waals surface area contributed by atoms with Gasteiger partial charge in [-0.15, -0.1) is 0 Å². The van der Waals surface area contributed by atoms with Crippen LogP contribution in [-0.2, 0) is 9.53 Å². The van der Waals surface area contributed by atoms with Crippen LogP contribution in [0.3, 0.4) is 0 Å². The minimum atomic E-state index is -0.290. The zero-order valence-corrected chi connectivity index (χ0v) is 18.5. The Kier molecular flexibility index (Phi) is 5.00. The number of para-hydroxylation sites is 2. The van der Waals surface area contributed by atoms with Crippen molar-refractivity contribution in [3.8, 4) is 0 Å². The largest absolute Gasteiger partial charge is 0.494 e. The monoisotopic (exact) mass is 413 g/mol. The van der Waals surface area contributed by atoms with E-state index >= 15 is 0 Å². The van der Waals surface area contributed by atoms with Crippen LogP contribution in [0, 0.1) is 23.2 Å². The van der Waals surface area contributed by atoms with Crippen LogP contribution in [0.15, 0.2) is 84.7 Å². The van der Waals surface area contributed by atoms with Crippen LogP contribution < -0.4 is 4.90 Å². The Morgan fingerprint density at radius 3 is 2.26 bits per heavy atom. The molecule has 1 amide bonds. The van der Waals surface area contributed by atoms with Crippen molar-refractivity contribution in [3.05, 3.63) is 84.7 Å². The summed E-state index contributed by atoms with van der Waals surface area (Å²) in [4.78, 5) is 16.4. The highest BCUT2D eigenvalue weighted by Gasteiger charge is 2.58. The summed E-state index contributed by atoms with van der Waals surface area (Å²) in [5, 5.41) is 0. The summed E-state index contributed by atoms with van der Waals surface area (Å²) < 4.78 is 6.18. The molecule has 1 saturated heterocycles. The van der Waals surface area contributed by atoms with E-state index in [0.29, 0.717) is 0 Å². The number of allylic oxidation sites excluding steroid dienone is 2. The summed E-state index contributed by atoms with van der Waals surface area (Å²) in [7, 11) is 0. The van der Waals surface area contributed by atoms with Crippen LogP contribution in [0.4, 0.5) is 11.4 Å². The third-order valence-electron chi connectivity index (χ3n) is 7.67. The Bertz CT molecular complexity index is 972. The lowest BCUT2D eigenvalue weighted by atomic mass is 9.56. The molecule has 0 spiro atoms. The Morgan fingerprint density at radius 2 is 1.65 bits per heavy atom. The molecule has 1 heterocycles. The van der Waals surface area contributed by atoms with Gasteiger partial charge in [0.1, 0.15) is 6.10 Å². The zero-order valence-electron chi connectivity index (χ0n) is 18.5. The van der Waals surface area contributed by atoms with Crippen molar-refractivity contribution in [2.45, 2.75) is 45.6 Å². The lowest BCUT2D eigenvalue weighted by Gasteiger charge is -2.47. The first kappa shape index (κ1) is 20.1. The number of ether oxygens (including phenoxy) is 1. The molecule has 31 heavy (non-hydrogen) atoms. The van der Waals surface area contributed by atoms with Gasteiger partial charge in [0.2, 0.25) is 5.91 Å². The maximum absolute atomic E-state index is 14.5. The highest BCUT2D eigenvalue weighted by molar-refractivity contribution is 6.02. The Hall–Kier alpha value is -2.81. The third kappa shape index (κ3) is 3.22. The van der Waals surface area contributed by atoms with E-state index in [0.717, 1.165) is 30.0 Å². The van der Waals surface area contributed by atoms with Gasteiger partial charge in [0.15, 0.2) is 0 Å². The molecule has 2 aromatic rings. The topological polar surface area (TPSA) is 29.5 Å². The number of amides is 1. The van der Waals surface area contributed by atoms with E-state index < -0.39 is 0 Å².